The fraction of sp³-hybridized carbons (Fsp3) is 0.500. The molecule has 0 spiro atoms. The maximum absolute atomic E-state index is 12.6. The Morgan fingerprint density at radius 2 is 2.16 bits per heavy atom. The summed E-state index contributed by atoms with van der Waals surface area (Å²) in [5, 5.41) is 0.594. The van der Waals surface area contributed by atoms with Crippen LogP contribution in [0.4, 0.5) is 0 Å². The fourth-order valence-corrected chi connectivity index (χ4v) is 3.74. The highest BCUT2D eigenvalue weighted by Gasteiger charge is 2.27. The van der Waals surface area contributed by atoms with Crippen molar-refractivity contribution in [1.82, 2.24) is 4.90 Å². The van der Waals surface area contributed by atoms with Gasteiger partial charge in [-0.2, -0.15) is 11.8 Å². The number of carbonyl (C=O) groups excluding carboxylic acids is 1. The zero-order chi connectivity index (χ0) is 14.0. The largest absolute Gasteiger partial charge is 0.338 e. The van der Waals surface area contributed by atoms with Crippen LogP contribution < -0.4 is 0 Å². The molecule has 0 aromatic heterocycles. The summed E-state index contributed by atoms with van der Waals surface area (Å²) in [5.74, 6) is 1.05. The van der Waals surface area contributed by atoms with E-state index in [-0.39, 0.29) is 10.7 Å². The highest BCUT2D eigenvalue weighted by molar-refractivity contribution is 9.10. The summed E-state index contributed by atoms with van der Waals surface area (Å²) in [7, 11) is 0. The minimum absolute atomic E-state index is 0.0627. The van der Waals surface area contributed by atoms with Crippen LogP contribution in [0.5, 0.6) is 0 Å². The van der Waals surface area contributed by atoms with E-state index in [4.69, 9.17) is 11.6 Å². The molecule has 0 bridgehead atoms. The molecule has 0 unspecified atom stereocenters. The molecule has 1 aliphatic rings. The van der Waals surface area contributed by atoms with Crippen molar-refractivity contribution >= 4 is 45.2 Å². The molecular formula is C14H17BrClNOS. The topological polar surface area (TPSA) is 20.3 Å². The average molecular weight is 363 g/mol. The van der Waals surface area contributed by atoms with Gasteiger partial charge in [0.05, 0.1) is 5.56 Å². The molecule has 1 amide bonds. The third kappa shape index (κ3) is 3.89. The second kappa shape index (κ2) is 6.06. The van der Waals surface area contributed by atoms with Crippen LogP contribution in [-0.4, -0.2) is 34.4 Å². The van der Waals surface area contributed by atoms with E-state index < -0.39 is 0 Å². The summed E-state index contributed by atoms with van der Waals surface area (Å²) >= 11 is 11.3. The Balaban J connectivity index is 2.17. The van der Waals surface area contributed by atoms with E-state index in [9.17, 15) is 4.79 Å². The molecule has 2 nitrogen and oxygen atoms in total. The zero-order valence-electron chi connectivity index (χ0n) is 11.1. The maximum atomic E-state index is 12.6. The van der Waals surface area contributed by atoms with E-state index in [0.29, 0.717) is 10.6 Å². The van der Waals surface area contributed by atoms with Crippen molar-refractivity contribution in [1.29, 1.82) is 0 Å². The molecule has 104 valence electrons. The van der Waals surface area contributed by atoms with E-state index in [1.54, 1.807) is 12.1 Å². The fourth-order valence-electron chi connectivity index (χ4n) is 2.06. The standard InChI is InChI=1S/C14H17BrClNOS/c1-14(2)5-6-17(7-8-19-14)13(18)11-9-10(16)3-4-12(11)15/h3-4,9H,5-8H2,1-2H3. The molecule has 1 fully saturated rings. The molecule has 1 aromatic carbocycles. The van der Waals surface area contributed by atoms with Crippen LogP contribution >= 0.6 is 39.3 Å². The molecule has 0 aliphatic carbocycles. The van der Waals surface area contributed by atoms with Crippen molar-refractivity contribution in [3.05, 3.63) is 33.3 Å². The molecule has 1 heterocycles. The van der Waals surface area contributed by atoms with Crippen molar-refractivity contribution in [2.45, 2.75) is 25.0 Å². The van der Waals surface area contributed by atoms with Gasteiger partial charge in [0.2, 0.25) is 0 Å². The van der Waals surface area contributed by atoms with E-state index in [1.807, 2.05) is 22.7 Å². The smallest absolute Gasteiger partial charge is 0.255 e. The van der Waals surface area contributed by atoms with Crippen molar-refractivity contribution in [2.24, 2.45) is 0 Å². The van der Waals surface area contributed by atoms with Crippen LogP contribution in [0.25, 0.3) is 0 Å². The SMILES string of the molecule is CC1(C)CCN(C(=O)c2cc(Cl)ccc2Br)CCS1. The highest BCUT2D eigenvalue weighted by atomic mass is 79.9. The van der Waals surface area contributed by atoms with Gasteiger partial charge in [-0.1, -0.05) is 25.4 Å². The lowest BCUT2D eigenvalue weighted by atomic mass is 10.1. The number of carbonyl (C=O) groups is 1. The summed E-state index contributed by atoms with van der Waals surface area (Å²) < 4.78 is 1.05. The minimum atomic E-state index is 0.0627. The molecule has 0 saturated carbocycles. The average Bonchev–Trinajstić information content (AvgIpc) is 2.52. The van der Waals surface area contributed by atoms with Crippen LogP contribution in [0.2, 0.25) is 5.02 Å². The zero-order valence-corrected chi connectivity index (χ0v) is 14.2. The number of hydrogen-bond donors (Lipinski definition) is 0. The number of rotatable bonds is 1. The van der Waals surface area contributed by atoms with E-state index in [2.05, 4.69) is 29.8 Å². The second-order valence-electron chi connectivity index (χ2n) is 5.27. The number of benzene rings is 1. The highest BCUT2D eigenvalue weighted by Crippen LogP contribution is 2.31. The first kappa shape index (κ1) is 15.2. The van der Waals surface area contributed by atoms with Gasteiger partial charge in [0.1, 0.15) is 0 Å². The third-order valence-electron chi connectivity index (χ3n) is 3.28. The van der Waals surface area contributed by atoms with Gasteiger partial charge < -0.3 is 4.90 Å². The normalized spacial score (nSPS) is 19.1. The molecule has 0 radical (unpaired) electrons. The van der Waals surface area contributed by atoms with Gasteiger partial charge in [0, 0.05) is 33.1 Å². The van der Waals surface area contributed by atoms with Gasteiger partial charge in [-0.05, 0) is 40.5 Å². The van der Waals surface area contributed by atoms with E-state index >= 15 is 0 Å². The number of amides is 1. The Morgan fingerprint density at radius 3 is 2.89 bits per heavy atom. The molecule has 1 aromatic rings. The first-order chi connectivity index (χ1) is 8.89. The molecule has 1 aliphatic heterocycles. The summed E-state index contributed by atoms with van der Waals surface area (Å²) in [4.78, 5) is 14.5. The first-order valence-corrected chi connectivity index (χ1v) is 8.43. The molecule has 19 heavy (non-hydrogen) atoms. The van der Waals surface area contributed by atoms with Crippen LogP contribution in [0.1, 0.15) is 30.6 Å². The Morgan fingerprint density at radius 1 is 1.42 bits per heavy atom. The summed E-state index contributed by atoms with van der Waals surface area (Å²) in [6.07, 6.45) is 1.02. The van der Waals surface area contributed by atoms with E-state index in [1.165, 1.54) is 0 Å². The summed E-state index contributed by atoms with van der Waals surface area (Å²) in [6.45, 7) is 6.07. The maximum Gasteiger partial charge on any atom is 0.255 e. The van der Waals surface area contributed by atoms with Crippen molar-refractivity contribution in [3.8, 4) is 0 Å². The number of halogens is 2. The Labute approximate surface area is 132 Å². The van der Waals surface area contributed by atoms with E-state index in [0.717, 1.165) is 29.7 Å². The molecule has 1 saturated heterocycles. The van der Waals surface area contributed by atoms with Crippen molar-refractivity contribution in [2.75, 3.05) is 18.8 Å². The molecule has 0 N–H and O–H groups in total. The Bertz CT molecular complexity index is 492. The lowest BCUT2D eigenvalue weighted by Gasteiger charge is -2.23. The third-order valence-corrected chi connectivity index (χ3v) is 5.58. The lowest BCUT2D eigenvalue weighted by molar-refractivity contribution is 0.0763. The molecule has 0 atom stereocenters. The summed E-state index contributed by atoms with van der Waals surface area (Å²) in [6, 6.07) is 5.34. The molecule has 5 heteroatoms. The Hall–Kier alpha value is -0.190. The minimum Gasteiger partial charge on any atom is -0.338 e. The van der Waals surface area contributed by atoms with Gasteiger partial charge in [0.15, 0.2) is 0 Å². The van der Waals surface area contributed by atoms with Gasteiger partial charge in [-0.25, -0.2) is 0 Å². The molecular weight excluding hydrogens is 346 g/mol. The van der Waals surface area contributed by atoms with Crippen LogP contribution in [-0.2, 0) is 0 Å². The quantitative estimate of drug-likeness (QED) is 0.735. The Kier molecular flexibility index (Phi) is 4.85. The monoisotopic (exact) mass is 361 g/mol. The van der Waals surface area contributed by atoms with Gasteiger partial charge in [-0.3, -0.25) is 4.79 Å². The summed E-state index contributed by atoms with van der Waals surface area (Å²) in [5.41, 5.74) is 0.650. The van der Waals surface area contributed by atoms with Gasteiger partial charge in [0.25, 0.3) is 5.91 Å². The first-order valence-electron chi connectivity index (χ1n) is 6.27. The number of hydrogen-bond acceptors (Lipinski definition) is 2. The van der Waals surface area contributed by atoms with Gasteiger partial charge in [-0.15, -0.1) is 0 Å². The van der Waals surface area contributed by atoms with Crippen LogP contribution in [0, 0.1) is 0 Å². The number of thioether (sulfide) groups is 1. The van der Waals surface area contributed by atoms with Crippen molar-refractivity contribution in [3.63, 3.8) is 0 Å². The van der Waals surface area contributed by atoms with Gasteiger partial charge >= 0.3 is 0 Å². The second-order valence-corrected chi connectivity index (χ2v) is 8.37. The lowest BCUT2D eigenvalue weighted by Crippen LogP contribution is -2.33. The predicted octanol–water partition coefficient (Wildman–Crippen LogP) is 4.46. The number of nitrogens with zero attached hydrogens (tertiary/aromatic N) is 1. The molecule has 2 rings (SSSR count). The predicted molar refractivity (Wildman–Crippen MR) is 86.2 cm³/mol. The van der Waals surface area contributed by atoms with Crippen LogP contribution in [0.3, 0.4) is 0 Å². The van der Waals surface area contributed by atoms with Crippen LogP contribution in [0.15, 0.2) is 22.7 Å². The van der Waals surface area contributed by atoms with Crippen molar-refractivity contribution < 1.29 is 4.79 Å².